The third-order valence-electron chi connectivity index (χ3n) is 4.13. The highest BCUT2D eigenvalue weighted by Gasteiger charge is 2.19. The Labute approximate surface area is 166 Å². The fourth-order valence-corrected chi connectivity index (χ4v) is 4.48. The van der Waals surface area contributed by atoms with Gasteiger partial charge in [-0.05, 0) is 51.8 Å². The highest BCUT2D eigenvalue weighted by atomic mass is 32.1. The highest BCUT2D eigenvalue weighted by Crippen LogP contribution is 2.27. The topological polar surface area (TPSA) is 71.1 Å². The molecule has 27 heavy (non-hydrogen) atoms. The zero-order valence-electron chi connectivity index (χ0n) is 15.9. The van der Waals surface area contributed by atoms with E-state index in [1.54, 1.807) is 6.92 Å². The van der Waals surface area contributed by atoms with Crippen molar-refractivity contribution in [3.63, 3.8) is 0 Å². The zero-order chi connectivity index (χ0) is 19.7. The van der Waals surface area contributed by atoms with Crippen LogP contribution >= 0.6 is 22.7 Å². The molecule has 2 heterocycles. The maximum absolute atomic E-state index is 12.7. The number of thiazole rings is 1. The second kappa shape index (κ2) is 7.62. The van der Waals surface area contributed by atoms with E-state index < -0.39 is 0 Å². The van der Waals surface area contributed by atoms with Crippen LogP contribution in [0.5, 0.6) is 0 Å². The van der Waals surface area contributed by atoms with Crippen molar-refractivity contribution in [3.05, 3.63) is 61.3 Å². The van der Waals surface area contributed by atoms with Crippen molar-refractivity contribution >= 4 is 45.3 Å². The minimum absolute atomic E-state index is 0.216. The molecule has 2 amide bonds. The van der Waals surface area contributed by atoms with Crippen LogP contribution in [0, 0.1) is 34.6 Å². The molecule has 0 radical (unpaired) electrons. The van der Waals surface area contributed by atoms with Crippen LogP contribution in [0.2, 0.25) is 0 Å². The molecule has 2 aromatic heterocycles. The van der Waals surface area contributed by atoms with E-state index in [1.807, 2.05) is 51.3 Å². The van der Waals surface area contributed by atoms with Crippen LogP contribution in [-0.4, -0.2) is 16.8 Å². The Morgan fingerprint density at radius 3 is 2.19 bits per heavy atom. The number of thiophene rings is 1. The van der Waals surface area contributed by atoms with Crippen LogP contribution in [0.15, 0.2) is 23.6 Å². The summed E-state index contributed by atoms with van der Waals surface area (Å²) in [6.07, 6.45) is 0. The van der Waals surface area contributed by atoms with Gasteiger partial charge in [0.2, 0.25) is 0 Å². The van der Waals surface area contributed by atoms with Crippen molar-refractivity contribution in [3.8, 4) is 0 Å². The molecule has 0 aliphatic carbocycles. The highest BCUT2D eigenvalue weighted by molar-refractivity contribution is 7.18. The number of aryl methyl sites for hydroxylation is 5. The van der Waals surface area contributed by atoms with Gasteiger partial charge in [-0.25, -0.2) is 4.98 Å². The molecule has 0 fully saturated rings. The number of carbonyl (C=O) groups is 2. The minimum atomic E-state index is -0.217. The number of nitrogens with one attached hydrogen (secondary N) is 2. The second-order valence-corrected chi connectivity index (χ2v) is 8.68. The first-order chi connectivity index (χ1) is 12.7. The van der Waals surface area contributed by atoms with Gasteiger partial charge in [-0.3, -0.25) is 14.9 Å². The molecule has 0 saturated carbocycles. The fraction of sp³-hybridized carbons (Fsp3) is 0.250. The first-order valence-corrected chi connectivity index (χ1v) is 10.2. The Bertz CT molecular complexity index is 1010. The van der Waals surface area contributed by atoms with Gasteiger partial charge in [-0.15, -0.1) is 11.3 Å². The van der Waals surface area contributed by atoms with Crippen molar-refractivity contribution in [2.45, 2.75) is 34.6 Å². The second-order valence-electron chi connectivity index (χ2n) is 6.56. The summed E-state index contributed by atoms with van der Waals surface area (Å²) in [5.41, 5.74) is 5.20. The molecule has 3 rings (SSSR count). The van der Waals surface area contributed by atoms with Gasteiger partial charge < -0.3 is 5.32 Å². The largest absolute Gasteiger partial charge is 0.321 e. The average Bonchev–Trinajstić information content (AvgIpc) is 3.16. The Kier molecular flexibility index (Phi) is 5.43. The Morgan fingerprint density at radius 2 is 1.59 bits per heavy atom. The number of aromatic nitrogens is 1. The standard InChI is InChI=1S/C20H21N3O2S2/c1-10-6-11(2)16(12(3)7-10)22-19(25)17-14(5)21-20(27-17)23-18(24)15-8-13(4)26-9-15/h6-9H,1-5H3,(H,22,25)(H,21,23,24). The molecule has 0 aliphatic heterocycles. The SMILES string of the molecule is Cc1cc(C)c(NC(=O)c2sc(NC(=O)c3csc(C)c3)nc2C)c(C)c1. The summed E-state index contributed by atoms with van der Waals surface area (Å²) in [6.45, 7) is 9.70. The smallest absolute Gasteiger partial charge is 0.267 e. The van der Waals surface area contributed by atoms with Gasteiger partial charge in [0.15, 0.2) is 5.13 Å². The molecule has 0 aliphatic rings. The number of amides is 2. The van der Waals surface area contributed by atoms with Crippen LogP contribution in [0.25, 0.3) is 0 Å². The number of nitrogens with zero attached hydrogens (tertiary/aromatic N) is 1. The van der Waals surface area contributed by atoms with Crippen LogP contribution in [0.1, 0.15) is 47.3 Å². The predicted molar refractivity (Wildman–Crippen MR) is 112 cm³/mol. The number of anilines is 2. The van der Waals surface area contributed by atoms with E-state index >= 15 is 0 Å². The number of hydrogen-bond acceptors (Lipinski definition) is 5. The third kappa shape index (κ3) is 4.26. The summed E-state index contributed by atoms with van der Waals surface area (Å²) >= 11 is 2.70. The lowest BCUT2D eigenvalue weighted by Crippen LogP contribution is -2.13. The summed E-state index contributed by atoms with van der Waals surface area (Å²) in [6, 6.07) is 5.91. The Balaban J connectivity index is 1.78. The van der Waals surface area contributed by atoms with E-state index in [2.05, 4.69) is 15.6 Å². The number of benzene rings is 1. The maximum atomic E-state index is 12.7. The maximum Gasteiger partial charge on any atom is 0.267 e. The van der Waals surface area contributed by atoms with E-state index in [4.69, 9.17) is 0 Å². The van der Waals surface area contributed by atoms with Crippen LogP contribution in [-0.2, 0) is 0 Å². The third-order valence-corrected chi connectivity index (χ3v) is 6.06. The Morgan fingerprint density at radius 1 is 0.926 bits per heavy atom. The quantitative estimate of drug-likeness (QED) is 0.629. The molecule has 0 unspecified atom stereocenters. The van der Waals surface area contributed by atoms with E-state index in [0.29, 0.717) is 21.3 Å². The van der Waals surface area contributed by atoms with Gasteiger partial charge in [0.25, 0.3) is 11.8 Å². The Hall–Kier alpha value is -2.51. The van der Waals surface area contributed by atoms with Gasteiger partial charge in [0.05, 0.1) is 11.3 Å². The van der Waals surface area contributed by atoms with Gasteiger partial charge in [-0.2, -0.15) is 0 Å². The lowest BCUT2D eigenvalue weighted by Gasteiger charge is -2.12. The fourth-order valence-electron chi connectivity index (χ4n) is 2.94. The molecule has 0 bridgehead atoms. The molecule has 0 atom stereocenters. The monoisotopic (exact) mass is 399 g/mol. The van der Waals surface area contributed by atoms with Crippen molar-refractivity contribution in [1.82, 2.24) is 4.98 Å². The van der Waals surface area contributed by atoms with E-state index in [0.717, 1.165) is 27.3 Å². The van der Waals surface area contributed by atoms with Crippen molar-refractivity contribution in [1.29, 1.82) is 0 Å². The molecular weight excluding hydrogens is 378 g/mol. The summed E-state index contributed by atoms with van der Waals surface area (Å²) in [4.78, 5) is 30.9. The molecule has 0 saturated heterocycles. The van der Waals surface area contributed by atoms with Gasteiger partial charge in [0, 0.05) is 15.9 Å². The van der Waals surface area contributed by atoms with E-state index in [9.17, 15) is 9.59 Å². The summed E-state index contributed by atoms with van der Waals surface area (Å²) in [7, 11) is 0. The molecule has 1 aromatic carbocycles. The summed E-state index contributed by atoms with van der Waals surface area (Å²) in [5, 5.41) is 7.99. The number of rotatable bonds is 4. The van der Waals surface area contributed by atoms with Crippen molar-refractivity contribution in [2.75, 3.05) is 10.6 Å². The van der Waals surface area contributed by atoms with Gasteiger partial charge in [0.1, 0.15) is 4.88 Å². The van der Waals surface area contributed by atoms with E-state index in [-0.39, 0.29) is 11.8 Å². The first-order valence-electron chi connectivity index (χ1n) is 8.47. The predicted octanol–water partition coefficient (Wildman–Crippen LogP) is 5.25. The van der Waals surface area contributed by atoms with Crippen LogP contribution < -0.4 is 10.6 Å². The molecule has 5 nitrogen and oxygen atoms in total. The molecule has 0 spiro atoms. The normalized spacial score (nSPS) is 10.7. The lowest BCUT2D eigenvalue weighted by molar-refractivity contribution is 0.102. The van der Waals surface area contributed by atoms with Crippen LogP contribution in [0.4, 0.5) is 10.8 Å². The zero-order valence-corrected chi connectivity index (χ0v) is 17.5. The number of hydrogen-bond donors (Lipinski definition) is 2. The molecule has 140 valence electrons. The number of carbonyl (C=O) groups excluding carboxylic acids is 2. The molecular formula is C20H21N3O2S2. The lowest BCUT2D eigenvalue weighted by atomic mass is 10.1. The van der Waals surface area contributed by atoms with Crippen molar-refractivity contribution in [2.24, 2.45) is 0 Å². The van der Waals surface area contributed by atoms with Gasteiger partial charge >= 0.3 is 0 Å². The molecule has 7 heteroatoms. The molecule has 2 N–H and O–H groups in total. The minimum Gasteiger partial charge on any atom is -0.321 e. The van der Waals surface area contributed by atoms with Crippen LogP contribution in [0.3, 0.4) is 0 Å². The van der Waals surface area contributed by atoms with Crippen molar-refractivity contribution < 1.29 is 9.59 Å². The van der Waals surface area contributed by atoms with E-state index in [1.165, 1.54) is 22.7 Å². The summed E-state index contributed by atoms with van der Waals surface area (Å²) < 4.78 is 0. The van der Waals surface area contributed by atoms with Gasteiger partial charge in [-0.1, -0.05) is 29.0 Å². The average molecular weight is 400 g/mol. The summed E-state index contributed by atoms with van der Waals surface area (Å²) in [5.74, 6) is -0.433. The first kappa shape index (κ1) is 19.3. The molecule has 3 aromatic rings.